The molecule has 2 aromatic carbocycles. The minimum atomic E-state index is -3.88. The molecule has 2 N–H and O–H groups in total. The van der Waals surface area contributed by atoms with Gasteiger partial charge >= 0.3 is 0 Å². The summed E-state index contributed by atoms with van der Waals surface area (Å²) < 4.78 is 49.0. The van der Waals surface area contributed by atoms with Crippen molar-refractivity contribution in [3.8, 4) is 0 Å². The van der Waals surface area contributed by atoms with Gasteiger partial charge in [-0.3, -0.25) is 4.79 Å². The fraction of sp³-hybridized carbons (Fsp3) is 0.278. The van der Waals surface area contributed by atoms with E-state index in [9.17, 15) is 21.6 Å². The van der Waals surface area contributed by atoms with Crippen LogP contribution >= 0.6 is 11.6 Å². The van der Waals surface area contributed by atoms with E-state index in [-0.39, 0.29) is 20.4 Å². The number of sulfonamides is 2. The number of hydrogen-bond donors (Lipinski definition) is 1. The number of primary sulfonamides is 1. The van der Waals surface area contributed by atoms with Crippen LogP contribution in [0.4, 0.5) is 0 Å². The molecule has 8 nitrogen and oxygen atoms in total. The minimum Gasteiger partial charge on any atom is -0.335 e. The fourth-order valence-electron chi connectivity index (χ4n) is 2.59. The Balaban J connectivity index is 2.40. The lowest BCUT2D eigenvalue weighted by Gasteiger charge is -2.26. The highest BCUT2D eigenvalue weighted by Crippen LogP contribution is 2.27. The van der Waals surface area contributed by atoms with Gasteiger partial charge in [0, 0.05) is 26.7 Å². The van der Waals surface area contributed by atoms with Crippen molar-refractivity contribution in [3.63, 3.8) is 0 Å². The summed E-state index contributed by atoms with van der Waals surface area (Å²) in [6, 6.07) is 9.48. The first-order valence-electron chi connectivity index (χ1n) is 8.39. The fourth-order valence-corrected chi connectivity index (χ4v) is 4.55. The van der Waals surface area contributed by atoms with Gasteiger partial charge in [-0.1, -0.05) is 23.7 Å². The molecule has 0 aliphatic rings. The molecular formula is C18H22ClN3O5S2. The van der Waals surface area contributed by atoms with Crippen molar-refractivity contribution in [2.45, 2.75) is 22.8 Å². The molecule has 11 heteroatoms. The van der Waals surface area contributed by atoms with Crippen molar-refractivity contribution in [3.05, 3.63) is 58.6 Å². The zero-order valence-electron chi connectivity index (χ0n) is 16.3. The predicted molar refractivity (Wildman–Crippen MR) is 111 cm³/mol. The molecule has 0 bridgehead atoms. The van der Waals surface area contributed by atoms with Crippen molar-refractivity contribution in [2.75, 3.05) is 21.1 Å². The number of rotatable bonds is 6. The maximum Gasteiger partial charge on any atom is 0.254 e. The molecule has 29 heavy (non-hydrogen) atoms. The van der Waals surface area contributed by atoms with Crippen LogP contribution in [0.5, 0.6) is 0 Å². The van der Waals surface area contributed by atoms with E-state index in [4.69, 9.17) is 16.7 Å². The van der Waals surface area contributed by atoms with E-state index in [0.717, 1.165) is 4.31 Å². The number of benzene rings is 2. The van der Waals surface area contributed by atoms with Gasteiger partial charge in [-0.15, -0.1) is 0 Å². The summed E-state index contributed by atoms with van der Waals surface area (Å²) in [5.74, 6) is -0.453. The summed E-state index contributed by atoms with van der Waals surface area (Å²) in [6.45, 7) is 1.72. The van der Waals surface area contributed by atoms with Gasteiger partial charge in [-0.25, -0.2) is 26.3 Å². The third-order valence-corrected chi connectivity index (χ3v) is 7.71. The minimum absolute atomic E-state index is 0.00630. The Bertz CT molecular complexity index is 1150. The van der Waals surface area contributed by atoms with Crippen molar-refractivity contribution in [1.29, 1.82) is 0 Å². The topological polar surface area (TPSA) is 118 Å². The van der Waals surface area contributed by atoms with E-state index >= 15 is 0 Å². The Morgan fingerprint density at radius 1 is 1.03 bits per heavy atom. The molecule has 2 rings (SSSR count). The SMILES string of the molecule is CC(c1cccc(S(N)(=O)=O)c1)N(C)C(=O)c1ccc(Cl)c(S(=O)(=O)N(C)C)c1. The lowest BCUT2D eigenvalue weighted by Crippen LogP contribution is -2.30. The maximum absolute atomic E-state index is 12.9. The highest BCUT2D eigenvalue weighted by molar-refractivity contribution is 7.89. The second-order valence-electron chi connectivity index (χ2n) is 6.64. The van der Waals surface area contributed by atoms with E-state index in [1.807, 2.05) is 0 Å². The van der Waals surface area contributed by atoms with E-state index in [0.29, 0.717) is 5.56 Å². The van der Waals surface area contributed by atoms with Crippen LogP contribution in [0.3, 0.4) is 0 Å². The number of halogens is 1. The third-order valence-electron chi connectivity index (χ3n) is 4.51. The summed E-state index contributed by atoms with van der Waals surface area (Å²) in [7, 11) is -3.45. The van der Waals surface area contributed by atoms with Crippen LogP contribution in [-0.2, 0) is 20.0 Å². The molecule has 0 saturated heterocycles. The number of carbonyl (C=O) groups is 1. The van der Waals surface area contributed by atoms with E-state index in [2.05, 4.69) is 0 Å². The number of hydrogen-bond acceptors (Lipinski definition) is 5. The number of carbonyl (C=O) groups excluding carboxylic acids is 1. The Kier molecular flexibility index (Phi) is 6.75. The normalized spacial score (nSPS) is 13.3. The molecule has 0 heterocycles. The smallest absolute Gasteiger partial charge is 0.254 e. The third kappa shape index (κ3) is 4.96. The van der Waals surface area contributed by atoms with Gasteiger partial charge in [0.15, 0.2) is 0 Å². The van der Waals surface area contributed by atoms with Crippen molar-refractivity contribution in [2.24, 2.45) is 5.14 Å². The lowest BCUT2D eigenvalue weighted by molar-refractivity contribution is 0.0742. The number of amides is 1. The summed E-state index contributed by atoms with van der Waals surface area (Å²) in [6.07, 6.45) is 0. The van der Waals surface area contributed by atoms with Gasteiger partial charge in [-0.2, -0.15) is 0 Å². The van der Waals surface area contributed by atoms with Crippen LogP contribution in [0.1, 0.15) is 28.9 Å². The Hall–Kier alpha value is -1.98. The summed E-state index contributed by atoms with van der Waals surface area (Å²) in [5, 5.41) is 5.17. The lowest BCUT2D eigenvalue weighted by atomic mass is 10.1. The van der Waals surface area contributed by atoms with E-state index in [1.54, 1.807) is 13.0 Å². The van der Waals surface area contributed by atoms with Gasteiger partial charge in [0.25, 0.3) is 5.91 Å². The molecular weight excluding hydrogens is 438 g/mol. The molecule has 0 aliphatic heterocycles. The Morgan fingerprint density at radius 2 is 1.66 bits per heavy atom. The predicted octanol–water partition coefficient (Wildman–Crippen LogP) is 2.07. The molecule has 0 aliphatic carbocycles. The monoisotopic (exact) mass is 459 g/mol. The van der Waals surface area contributed by atoms with Gasteiger partial charge in [-0.05, 0) is 42.8 Å². The first-order valence-corrected chi connectivity index (χ1v) is 11.7. The summed E-state index contributed by atoms with van der Waals surface area (Å²) in [5.41, 5.74) is 0.689. The summed E-state index contributed by atoms with van der Waals surface area (Å²) in [4.78, 5) is 14.1. The van der Waals surface area contributed by atoms with Gasteiger partial charge in [0.2, 0.25) is 20.0 Å². The average molecular weight is 460 g/mol. The van der Waals surface area contributed by atoms with Gasteiger partial charge in [0.1, 0.15) is 4.90 Å². The van der Waals surface area contributed by atoms with E-state index < -0.39 is 32.0 Å². The van der Waals surface area contributed by atoms with E-state index in [1.165, 1.54) is 62.4 Å². The number of nitrogens with zero attached hydrogens (tertiary/aromatic N) is 2. The average Bonchev–Trinajstić information content (AvgIpc) is 2.65. The van der Waals surface area contributed by atoms with Crippen molar-refractivity contribution < 1.29 is 21.6 Å². The molecule has 1 amide bonds. The first-order chi connectivity index (χ1) is 13.3. The molecule has 1 unspecified atom stereocenters. The van der Waals surface area contributed by atoms with Crippen molar-refractivity contribution >= 4 is 37.6 Å². The molecule has 0 spiro atoms. The van der Waals surface area contributed by atoms with Crippen molar-refractivity contribution in [1.82, 2.24) is 9.21 Å². The van der Waals surface area contributed by atoms with Crippen LogP contribution < -0.4 is 5.14 Å². The second kappa shape index (κ2) is 8.41. The highest BCUT2D eigenvalue weighted by atomic mass is 35.5. The zero-order chi connectivity index (χ0) is 22.1. The summed E-state index contributed by atoms with van der Waals surface area (Å²) >= 11 is 6.03. The van der Waals surface area contributed by atoms with Gasteiger partial charge in [0.05, 0.1) is 16.0 Å². The second-order valence-corrected chi connectivity index (χ2v) is 10.7. The Morgan fingerprint density at radius 3 is 2.21 bits per heavy atom. The first kappa shape index (κ1) is 23.3. The van der Waals surface area contributed by atoms with Crippen LogP contribution in [0, 0.1) is 0 Å². The largest absolute Gasteiger partial charge is 0.335 e. The number of nitrogens with two attached hydrogens (primary N) is 1. The molecule has 2 aromatic rings. The van der Waals surface area contributed by atoms with Crippen LogP contribution in [0.25, 0.3) is 0 Å². The molecule has 0 aromatic heterocycles. The molecule has 158 valence electrons. The highest BCUT2D eigenvalue weighted by Gasteiger charge is 2.25. The molecule has 0 radical (unpaired) electrons. The van der Waals surface area contributed by atoms with Crippen LogP contribution in [0.15, 0.2) is 52.3 Å². The molecule has 1 atom stereocenters. The van der Waals surface area contributed by atoms with Crippen LogP contribution in [0.2, 0.25) is 5.02 Å². The standard InChI is InChI=1S/C18H22ClN3O5S2/c1-12(13-6-5-7-15(10-13)28(20,24)25)22(4)18(23)14-8-9-16(19)17(11-14)29(26,27)21(2)3/h5-12H,1-4H3,(H2,20,24,25). The molecule has 0 fully saturated rings. The van der Waals surface area contributed by atoms with Gasteiger partial charge < -0.3 is 4.90 Å². The Labute approximate surface area is 176 Å². The zero-order valence-corrected chi connectivity index (χ0v) is 18.7. The quantitative estimate of drug-likeness (QED) is 0.709. The van der Waals surface area contributed by atoms with Crippen LogP contribution in [-0.4, -0.2) is 53.1 Å². The molecule has 0 saturated carbocycles. The maximum atomic E-state index is 12.9.